The van der Waals surface area contributed by atoms with Crippen molar-refractivity contribution in [1.29, 1.82) is 0 Å². The Hall–Kier alpha value is -0.910. The Balaban J connectivity index is 1.36. The zero-order chi connectivity index (χ0) is 17.8. The molecule has 0 radical (unpaired) electrons. The van der Waals surface area contributed by atoms with Gasteiger partial charge in [0.2, 0.25) is 0 Å². The van der Waals surface area contributed by atoms with Gasteiger partial charge in [0.05, 0.1) is 11.8 Å². The second-order valence-corrected chi connectivity index (χ2v) is 8.49. The van der Waals surface area contributed by atoms with Crippen LogP contribution in [0.3, 0.4) is 0 Å². The number of nitrogens with zero attached hydrogens (tertiary/aromatic N) is 4. The van der Waals surface area contributed by atoms with E-state index in [0.717, 1.165) is 63.3 Å². The molecule has 1 aromatic rings. The minimum Gasteiger partial charge on any atom is -0.390 e. The minimum atomic E-state index is -0.207. The summed E-state index contributed by atoms with van der Waals surface area (Å²) >= 11 is 0. The van der Waals surface area contributed by atoms with Gasteiger partial charge in [0.15, 0.2) is 0 Å². The molecule has 1 atom stereocenters. The van der Waals surface area contributed by atoms with E-state index in [-0.39, 0.29) is 6.10 Å². The number of β-amino-alcohol motifs (C(OH)–C–C–N with tert-alkyl or cyclic N) is 1. The van der Waals surface area contributed by atoms with Crippen molar-refractivity contribution in [3.63, 3.8) is 0 Å². The van der Waals surface area contributed by atoms with Crippen LogP contribution in [0.2, 0.25) is 0 Å². The van der Waals surface area contributed by atoms with Crippen LogP contribution in [0.5, 0.6) is 0 Å². The fraction of sp³-hybridized carbons (Fsp3) is 0.850. The second-order valence-electron chi connectivity index (χ2n) is 8.49. The normalized spacial score (nSPS) is 23.2. The molecular formula is C20H36N4O. The molecule has 3 heterocycles. The Morgan fingerprint density at radius 3 is 2.12 bits per heavy atom. The Labute approximate surface area is 153 Å². The van der Waals surface area contributed by atoms with Gasteiger partial charge < -0.3 is 14.9 Å². The first-order valence-corrected chi connectivity index (χ1v) is 10.1. The summed E-state index contributed by atoms with van der Waals surface area (Å²) in [6.07, 6.45) is 4.79. The summed E-state index contributed by atoms with van der Waals surface area (Å²) in [5.74, 6) is 1.57. The van der Waals surface area contributed by atoms with E-state index in [9.17, 15) is 5.11 Å². The molecule has 1 aromatic heterocycles. The molecule has 0 aliphatic carbocycles. The lowest BCUT2D eigenvalue weighted by Crippen LogP contribution is -2.45. The fourth-order valence-corrected chi connectivity index (χ4v) is 4.35. The fourth-order valence-electron chi connectivity index (χ4n) is 4.35. The monoisotopic (exact) mass is 348 g/mol. The highest BCUT2D eigenvalue weighted by atomic mass is 16.3. The van der Waals surface area contributed by atoms with Crippen molar-refractivity contribution < 1.29 is 5.11 Å². The van der Waals surface area contributed by atoms with Gasteiger partial charge in [-0.15, -0.1) is 0 Å². The van der Waals surface area contributed by atoms with Crippen LogP contribution in [-0.4, -0.2) is 70.1 Å². The summed E-state index contributed by atoms with van der Waals surface area (Å²) in [4.78, 5) is 4.90. The lowest BCUT2D eigenvalue weighted by molar-refractivity contribution is 0.0489. The van der Waals surface area contributed by atoms with E-state index < -0.39 is 0 Å². The van der Waals surface area contributed by atoms with Crippen molar-refractivity contribution in [3.8, 4) is 0 Å². The van der Waals surface area contributed by atoms with Crippen molar-refractivity contribution in [2.45, 2.75) is 59.1 Å². The predicted octanol–water partition coefficient (Wildman–Crippen LogP) is 2.30. The smallest absolute Gasteiger partial charge is 0.0793 e. The highest BCUT2D eigenvalue weighted by Crippen LogP contribution is 2.21. The molecule has 2 fully saturated rings. The first kappa shape index (κ1) is 18.9. The largest absolute Gasteiger partial charge is 0.390 e. The van der Waals surface area contributed by atoms with E-state index in [1.54, 1.807) is 0 Å². The minimum absolute atomic E-state index is 0.207. The highest BCUT2D eigenvalue weighted by molar-refractivity contribution is 5.06. The molecule has 5 nitrogen and oxygen atoms in total. The maximum Gasteiger partial charge on any atom is 0.0793 e. The summed E-state index contributed by atoms with van der Waals surface area (Å²) in [7, 11) is 0. The third kappa shape index (κ3) is 5.53. The molecule has 0 amide bonds. The number of aryl methyl sites for hydroxylation is 2. The van der Waals surface area contributed by atoms with E-state index in [0.29, 0.717) is 0 Å². The van der Waals surface area contributed by atoms with Crippen LogP contribution in [-0.2, 0) is 6.54 Å². The number of likely N-dealkylation sites (tertiary alicyclic amines) is 2. The Morgan fingerprint density at radius 2 is 1.60 bits per heavy atom. The number of aliphatic hydroxyl groups is 1. The van der Waals surface area contributed by atoms with Crippen LogP contribution in [0.1, 0.15) is 44.0 Å². The van der Waals surface area contributed by atoms with Gasteiger partial charge in [-0.05, 0) is 83.6 Å². The standard InChI is InChI=1S/C20H36N4O/c1-16-4-8-22(9-5-16)14-20(25)15-23-10-6-19(7-11-23)13-24-18(3)12-17(2)21-24/h12,16,19-20,25H,4-11,13-15H2,1-3H3/t20-/m0/s1. The zero-order valence-electron chi connectivity index (χ0n) is 16.3. The van der Waals surface area contributed by atoms with Crippen molar-refractivity contribution in [2.24, 2.45) is 11.8 Å². The van der Waals surface area contributed by atoms with Gasteiger partial charge in [-0.2, -0.15) is 5.10 Å². The molecule has 0 aromatic carbocycles. The molecule has 2 saturated heterocycles. The van der Waals surface area contributed by atoms with Crippen LogP contribution in [0, 0.1) is 25.7 Å². The number of piperidine rings is 2. The lowest BCUT2D eigenvalue weighted by Gasteiger charge is -2.35. The summed E-state index contributed by atoms with van der Waals surface area (Å²) in [6.45, 7) is 13.8. The summed E-state index contributed by atoms with van der Waals surface area (Å²) in [5, 5.41) is 15.1. The van der Waals surface area contributed by atoms with E-state index in [1.807, 2.05) is 0 Å². The lowest BCUT2D eigenvalue weighted by atomic mass is 9.96. The first-order chi connectivity index (χ1) is 12.0. The van der Waals surface area contributed by atoms with Gasteiger partial charge >= 0.3 is 0 Å². The third-order valence-corrected chi connectivity index (χ3v) is 6.06. The summed E-state index contributed by atoms with van der Waals surface area (Å²) < 4.78 is 2.17. The van der Waals surface area contributed by atoms with E-state index >= 15 is 0 Å². The van der Waals surface area contributed by atoms with Gasteiger partial charge in [0, 0.05) is 25.3 Å². The van der Waals surface area contributed by atoms with Gasteiger partial charge in [-0.1, -0.05) is 6.92 Å². The zero-order valence-corrected chi connectivity index (χ0v) is 16.3. The Kier molecular flexibility index (Phi) is 6.53. The third-order valence-electron chi connectivity index (χ3n) is 6.06. The van der Waals surface area contributed by atoms with Crippen molar-refractivity contribution >= 4 is 0 Å². The topological polar surface area (TPSA) is 44.5 Å². The average molecular weight is 349 g/mol. The molecule has 2 aliphatic rings. The first-order valence-electron chi connectivity index (χ1n) is 10.1. The molecule has 2 aliphatic heterocycles. The van der Waals surface area contributed by atoms with Crippen molar-refractivity contribution in [1.82, 2.24) is 19.6 Å². The number of hydrogen-bond acceptors (Lipinski definition) is 4. The SMILES string of the molecule is Cc1cc(C)n(CC2CCN(C[C@@H](O)CN3CCC(C)CC3)CC2)n1. The quantitative estimate of drug-likeness (QED) is 0.857. The van der Waals surface area contributed by atoms with Crippen LogP contribution < -0.4 is 0 Å². The van der Waals surface area contributed by atoms with Gasteiger partial charge in [-0.25, -0.2) is 0 Å². The number of rotatable bonds is 6. The number of aliphatic hydroxyl groups excluding tert-OH is 1. The second kappa shape index (κ2) is 8.65. The van der Waals surface area contributed by atoms with Crippen molar-refractivity contribution in [2.75, 3.05) is 39.3 Å². The maximum absolute atomic E-state index is 10.5. The van der Waals surface area contributed by atoms with Gasteiger partial charge in [-0.3, -0.25) is 4.68 Å². The highest BCUT2D eigenvalue weighted by Gasteiger charge is 2.24. The Bertz CT molecular complexity index is 528. The molecule has 1 N–H and O–H groups in total. The average Bonchev–Trinajstić information content (AvgIpc) is 2.89. The molecule has 0 saturated carbocycles. The molecule has 5 heteroatoms. The van der Waals surface area contributed by atoms with Crippen LogP contribution >= 0.6 is 0 Å². The van der Waals surface area contributed by atoms with E-state index in [4.69, 9.17) is 0 Å². The molecule has 142 valence electrons. The maximum atomic E-state index is 10.5. The number of aromatic nitrogens is 2. The molecule has 0 spiro atoms. The van der Waals surface area contributed by atoms with Crippen LogP contribution in [0.4, 0.5) is 0 Å². The Morgan fingerprint density at radius 1 is 1.04 bits per heavy atom. The molecule has 3 rings (SSSR count). The van der Waals surface area contributed by atoms with E-state index in [1.165, 1.54) is 31.4 Å². The van der Waals surface area contributed by atoms with Crippen LogP contribution in [0.15, 0.2) is 6.07 Å². The molecular weight excluding hydrogens is 312 g/mol. The summed E-state index contributed by atoms with van der Waals surface area (Å²) in [5.41, 5.74) is 2.39. The van der Waals surface area contributed by atoms with Gasteiger partial charge in [0.1, 0.15) is 0 Å². The summed E-state index contributed by atoms with van der Waals surface area (Å²) in [6, 6.07) is 2.16. The molecule has 0 unspecified atom stereocenters. The molecule has 0 bridgehead atoms. The van der Waals surface area contributed by atoms with E-state index in [2.05, 4.69) is 46.4 Å². The van der Waals surface area contributed by atoms with Crippen LogP contribution in [0.25, 0.3) is 0 Å². The van der Waals surface area contributed by atoms with Crippen molar-refractivity contribution in [3.05, 3.63) is 17.5 Å². The predicted molar refractivity (Wildman–Crippen MR) is 102 cm³/mol. The number of hydrogen-bond donors (Lipinski definition) is 1. The molecule has 25 heavy (non-hydrogen) atoms. The van der Waals surface area contributed by atoms with Gasteiger partial charge in [0.25, 0.3) is 0 Å².